The van der Waals surface area contributed by atoms with Crippen LogP contribution >= 0.6 is 15.9 Å². The van der Waals surface area contributed by atoms with Crippen molar-refractivity contribution < 1.29 is 9.53 Å². The number of carbonyl (C=O) groups excluding carboxylic acids is 1. The summed E-state index contributed by atoms with van der Waals surface area (Å²) in [5.41, 5.74) is 0.293. The number of anilines is 1. The van der Waals surface area contributed by atoms with Gasteiger partial charge in [0.2, 0.25) is 0 Å². The summed E-state index contributed by atoms with van der Waals surface area (Å²) < 4.78 is 5.81. The summed E-state index contributed by atoms with van der Waals surface area (Å²) in [4.78, 5) is 13.5. The third-order valence-electron chi connectivity index (χ3n) is 2.74. The van der Waals surface area contributed by atoms with Crippen LogP contribution in [0.1, 0.15) is 13.8 Å². The molecule has 3 nitrogen and oxygen atoms in total. The van der Waals surface area contributed by atoms with Crippen molar-refractivity contribution in [3.8, 4) is 0 Å². The molecule has 1 aromatic rings. The van der Waals surface area contributed by atoms with Crippen molar-refractivity contribution in [3.05, 3.63) is 28.7 Å². The second kappa shape index (κ2) is 4.87. The highest BCUT2D eigenvalue weighted by Gasteiger charge is 2.33. The van der Waals surface area contributed by atoms with Crippen LogP contribution in [0.5, 0.6) is 0 Å². The molecule has 0 fully saturated rings. The Morgan fingerprint density at radius 2 is 1.81 bits per heavy atom. The first-order valence-corrected chi connectivity index (χ1v) is 5.76. The molecule has 0 spiro atoms. The predicted octanol–water partition coefficient (Wildman–Crippen LogP) is 2.84. The van der Waals surface area contributed by atoms with Gasteiger partial charge < -0.3 is 9.64 Å². The molecule has 0 heterocycles. The van der Waals surface area contributed by atoms with Crippen LogP contribution in [0.2, 0.25) is 0 Å². The number of nitrogens with zero attached hydrogens (tertiary/aromatic N) is 1. The van der Waals surface area contributed by atoms with Gasteiger partial charge in [0.25, 0.3) is 0 Å². The number of hydrogen-bond acceptors (Lipinski definition) is 3. The minimum atomic E-state index is -0.678. The molecule has 0 aliphatic carbocycles. The second-order valence-electron chi connectivity index (χ2n) is 4.09. The number of likely N-dealkylation sites (N-methyl/N-ethyl adjacent to an activating group) is 1. The largest absolute Gasteiger partial charge is 0.467 e. The molecule has 0 N–H and O–H groups in total. The summed E-state index contributed by atoms with van der Waals surface area (Å²) in [7, 11) is 3.28. The molecule has 0 atom stereocenters. The molecule has 1 rings (SSSR count). The quantitative estimate of drug-likeness (QED) is 0.800. The fourth-order valence-corrected chi connectivity index (χ4v) is 1.64. The van der Waals surface area contributed by atoms with Crippen molar-refractivity contribution in [2.45, 2.75) is 19.4 Å². The van der Waals surface area contributed by atoms with Crippen LogP contribution in [0.15, 0.2) is 28.7 Å². The molecule has 4 heteroatoms. The van der Waals surface area contributed by atoms with Gasteiger partial charge in [0.15, 0.2) is 0 Å². The van der Waals surface area contributed by atoms with Gasteiger partial charge >= 0.3 is 5.97 Å². The molecule has 0 unspecified atom stereocenters. The van der Waals surface area contributed by atoms with E-state index in [0.29, 0.717) is 0 Å². The summed E-state index contributed by atoms with van der Waals surface area (Å²) in [6, 6.07) is 7.79. The van der Waals surface area contributed by atoms with Gasteiger partial charge in [0.05, 0.1) is 7.11 Å². The van der Waals surface area contributed by atoms with Crippen LogP contribution in [0.3, 0.4) is 0 Å². The first kappa shape index (κ1) is 13.0. The van der Waals surface area contributed by atoms with E-state index in [1.54, 1.807) is 0 Å². The van der Waals surface area contributed by atoms with E-state index in [-0.39, 0.29) is 5.97 Å². The third-order valence-corrected chi connectivity index (χ3v) is 3.27. The average molecular weight is 286 g/mol. The highest BCUT2D eigenvalue weighted by molar-refractivity contribution is 9.10. The van der Waals surface area contributed by atoms with Crippen molar-refractivity contribution in [1.29, 1.82) is 0 Å². The molecule has 0 bridgehead atoms. The van der Waals surface area contributed by atoms with Gasteiger partial charge in [0.1, 0.15) is 5.54 Å². The van der Waals surface area contributed by atoms with Crippen molar-refractivity contribution in [2.24, 2.45) is 0 Å². The Morgan fingerprint density at radius 1 is 1.31 bits per heavy atom. The standard InChI is InChI=1S/C12H16BrNO2/c1-12(2,11(15)16-4)14(3)10-7-5-9(13)6-8-10/h5-8H,1-4H3. The number of esters is 1. The molecule has 0 radical (unpaired) electrons. The van der Waals surface area contributed by atoms with Gasteiger partial charge in [-0.15, -0.1) is 0 Å². The van der Waals surface area contributed by atoms with Gasteiger partial charge in [-0.25, -0.2) is 4.79 Å². The monoisotopic (exact) mass is 285 g/mol. The summed E-state index contributed by atoms with van der Waals surface area (Å²) in [6.45, 7) is 3.67. The molecule has 88 valence electrons. The number of halogens is 1. The molecular weight excluding hydrogens is 270 g/mol. The molecule has 0 saturated heterocycles. The number of hydrogen-bond donors (Lipinski definition) is 0. The lowest BCUT2D eigenvalue weighted by Gasteiger charge is -2.34. The van der Waals surface area contributed by atoms with Crippen molar-refractivity contribution in [3.63, 3.8) is 0 Å². The maximum Gasteiger partial charge on any atom is 0.331 e. The van der Waals surface area contributed by atoms with Gasteiger partial charge in [0, 0.05) is 17.2 Å². The fourth-order valence-electron chi connectivity index (χ4n) is 1.37. The van der Waals surface area contributed by atoms with E-state index in [4.69, 9.17) is 4.74 Å². The van der Waals surface area contributed by atoms with E-state index in [2.05, 4.69) is 15.9 Å². The number of carbonyl (C=O) groups is 1. The van der Waals surface area contributed by atoms with E-state index in [1.165, 1.54) is 7.11 Å². The van der Waals surface area contributed by atoms with E-state index >= 15 is 0 Å². The molecule has 0 aliphatic rings. The van der Waals surface area contributed by atoms with Crippen LogP contribution < -0.4 is 4.90 Å². The highest BCUT2D eigenvalue weighted by atomic mass is 79.9. The maximum absolute atomic E-state index is 11.6. The Morgan fingerprint density at radius 3 is 2.25 bits per heavy atom. The predicted molar refractivity (Wildman–Crippen MR) is 68.6 cm³/mol. The average Bonchev–Trinajstić information content (AvgIpc) is 2.28. The summed E-state index contributed by atoms with van der Waals surface area (Å²) in [5.74, 6) is -0.252. The zero-order valence-corrected chi connectivity index (χ0v) is 11.5. The topological polar surface area (TPSA) is 29.5 Å². The van der Waals surface area contributed by atoms with Crippen molar-refractivity contribution in [1.82, 2.24) is 0 Å². The second-order valence-corrected chi connectivity index (χ2v) is 5.00. The van der Waals surface area contributed by atoms with E-state index < -0.39 is 5.54 Å². The van der Waals surface area contributed by atoms with Crippen LogP contribution in [0.4, 0.5) is 5.69 Å². The van der Waals surface area contributed by atoms with Gasteiger partial charge in [-0.05, 0) is 38.1 Å². The van der Waals surface area contributed by atoms with Gasteiger partial charge in [-0.2, -0.15) is 0 Å². The Labute approximate surface area is 105 Å². The highest BCUT2D eigenvalue weighted by Crippen LogP contribution is 2.24. The lowest BCUT2D eigenvalue weighted by atomic mass is 10.0. The summed E-state index contributed by atoms with van der Waals surface area (Å²) in [5, 5.41) is 0. The molecule has 0 aromatic heterocycles. The van der Waals surface area contributed by atoms with Crippen molar-refractivity contribution in [2.75, 3.05) is 19.1 Å². The molecule has 1 aromatic carbocycles. The molecule has 0 saturated carbocycles. The van der Waals surface area contributed by atoms with Crippen LogP contribution in [-0.2, 0) is 9.53 Å². The van der Waals surface area contributed by atoms with Crippen molar-refractivity contribution >= 4 is 27.6 Å². The lowest BCUT2D eigenvalue weighted by molar-refractivity contribution is -0.145. The first-order valence-electron chi connectivity index (χ1n) is 4.97. The van der Waals surface area contributed by atoms with E-state index in [1.807, 2.05) is 50.1 Å². The molecule has 16 heavy (non-hydrogen) atoms. The van der Waals surface area contributed by atoms with Crippen LogP contribution in [0, 0.1) is 0 Å². The normalized spacial score (nSPS) is 11.1. The Kier molecular flexibility index (Phi) is 3.97. The zero-order valence-electron chi connectivity index (χ0n) is 9.95. The van der Waals surface area contributed by atoms with Crippen LogP contribution in [0.25, 0.3) is 0 Å². The molecule has 0 aliphatic heterocycles. The Bertz CT molecular complexity index is 373. The molecular formula is C12H16BrNO2. The third kappa shape index (κ3) is 2.55. The Balaban J connectivity index is 2.97. The first-order chi connectivity index (χ1) is 7.39. The maximum atomic E-state index is 11.6. The summed E-state index contributed by atoms with van der Waals surface area (Å²) >= 11 is 3.38. The van der Waals surface area contributed by atoms with E-state index in [0.717, 1.165) is 10.2 Å². The number of rotatable bonds is 3. The Hall–Kier alpha value is -1.03. The zero-order chi connectivity index (χ0) is 12.3. The summed E-state index contributed by atoms with van der Waals surface area (Å²) in [6.07, 6.45) is 0. The number of methoxy groups -OCH3 is 1. The lowest BCUT2D eigenvalue weighted by Crippen LogP contribution is -2.48. The molecule has 0 amide bonds. The smallest absolute Gasteiger partial charge is 0.331 e. The van der Waals surface area contributed by atoms with E-state index in [9.17, 15) is 4.79 Å². The minimum absolute atomic E-state index is 0.252. The number of benzene rings is 1. The van der Waals surface area contributed by atoms with Gasteiger partial charge in [-0.1, -0.05) is 15.9 Å². The number of ether oxygens (including phenoxy) is 1. The fraction of sp³-hybridized carbons (Fsp3) is 0.417. The minimum Gasteiger partial charge on any atom is -0.467 e. The van der Waals surface area contributed by atoms with Gasteiger partial charge in [-0.3, -0.25) is 0 Å². The SMILES string of the molecule is COC(=O)C(C)(C)N(C)c1ccc(Br)cc1. The van der Waals surface area contributed by atoms with Crippen LogP contribution in [-0.4, -0.2) is 25.7 Å².